The van der Waals surface area contributed by atoms with Crippen molar-refractivity contribution >= 4 is 28.7 Å². The molecule has 2 aromatic rings. The van der Waals surface area contributed by atoms with Crippen LogP contribution in [0.5, 0.6) is 0 Å². The van der Waals surface area contributed by atoms with Gasteiger partial charge >= 0.3 is 5.97 Å². The van der Waals surface area contributed by atoms with E-state index in [-0.39, 0.29) is 30.6 Å². The van der Waals surface area contributed by atoms with Gasteiger partial charge in [-0.25, -0.2) is 0 Å². The smallest absolute Gasteiger partial charge is 0.305 e. The molecule has 1 fully saturated rings. The normalized spacial score (nSPS) is 19.9. The lowest BCUT2D eigenvalue weighted by molar-refractivity contribution is -0.144. The number of ether oxygens (including phenoxy) is 1. The van der Waals surface area contributed by atoms with Crippen molar-refractivity contribution in [3.05, 3.63) is 36.0 Å². The van der Waals surface area contributed by atoms with E-state index in [0.29, 0.717) is 13.0 Å². The van der Waals surface area contributed by atoms with Crippen molar-refractivity contribution in [2.75, 3.05) is 6.61 Å². The van der Waals surface area contributed by atoms with E-state index in [1.165, 1.54) is 0 Å². The highest BCUT2D eigenvalue weighted by Gasteiger charge is 2.34. The third-order valence-corrected chi connectivity index (χ3v) is 4.61. The Balaban J connectivity index is 1.65. The van der Waals surface area contributed by atoms with Crippen molar-refractivity contribution in [1.29, 1.82) is 0 Å². The largest absolute Gasteiger partial charge is 0.466 e. The van der Waals surface area contributed by atoms with Gasteiger partial charge in [-0.1, -0.05) is 18.2 Å². The molecular formula is C19H23N3O4. The molecular weight excluding hydrogens is 334 g/mol. The fourth-order valence-electron chi connectivity index (χ4n) is 3.33. The van der Waals surface area contributed by atoms with Crippen molar-refractivity contribution in [3.8, 4) is 0 Å². The van der Waals surface area contributed by atoms with E-state index in [1.54, 1.807) is 6.92 Å². The van der Waals surface area contributed by atoms with Crippen LogP contribution in [0.3, 0.4) is 0 Å². The molecule has 1 aromatic carbocycles. The monoisotopic (exact) mass is 357 g/mol. The lowest BCUT2D eigenvalue weighted by atomic mass is 10.00. The summed E-state index contributed by atoms with van der Waals surface area (Å²) < 4.78 is 6.86. The second-order valence-corrected chi connectivity index (χ2v) is 6.45. The molecule has 0 bridgehead atoms. The third-order valence-electron chi connectivity index (χ3n) is 4.61. The number of fused-ring (bicyclic) bond motifs is 1. The molecule has 0 unspecified atom stereocenters. The Bertz CT molecular complexity index is 842. The standard InChI is InChI=1S/C19H23N3O4/c1-3-26-17(23)9-8-14-18(24)21-15(19(25)20-14)10-12-11-22(2)16-7-5-4-6-13(12)16/h4-7,11,14-15H,3,8-10H2,1-2H3,(H,20,25)(H,21,24)/t14-,15-/m1/s1. The lowest BCUT2D eigenvalue weighted by Crippen LogP contribution is -2.62. The molecule has 7 nitrogen and oxygen atoms in total. The number of para-hydroxylation sites is 1. The van der Waals surface area contributed by atoms with Crippen molar-refractivity contribution in [3.63, 3.8) is 0 Å². The highest BCUT2D eigenvalue weighted by molar-refractivity contribution is 5.97. The number of nitrogens with zero attached hydrogens (tertiary/aromatic N) is 1. The predicted octanol–water partition coefficient (Wildman–Crippen LogP) is 1.05. The van der Waals surface area contributed by atoms with E-state index < -0.39 is 12.1 Å². The van der Waals surface area contributed by atoms with Crippen LogP contribution in [-0.2, 0) is 32.6 Å². The van der Waals surface area contributed by atoms with Crippen LogP contribution in [0.15, 0.2) is 30.5 Å². The summed E-state index contributed by atoms with van der Waals surface area (Å²) in [5.41, 5.74) is 2.09. The Morgan fingerprint density at radius 3 is 2.62 bits per heavy atom. The molecule has 1 saturated heterocycles. The van der Waals surface area contributed by atoms with E-state index in [4.69, 9.17) is 4.74 Å². The number of aromatic nitrogens is 1. The van der Waals surface area contributed by atoms with Gasteiger partial charge < -0.3 is 19.9 Å². The zero-order valence-corrected chi connectivity index (χ0v) is 15.0. The number of aryl methyl sites for hydroxylation is 1. The van der Waals surface area contributed by atoms with Gasteiger partial charge in [0.15, 0.2) is 0 Å². The lowest BCUT2D eigenvalue weighted by Gasteiger charge is -2.29. The van der Waals surface area contributed by atoms with Crippen LogP contribution >= 0.6 is 0 Å². The van der Waals surface area contributed by atoms with Gasteiger partial charge in [0.2, 0.25) is 11.8 Å². The van der Waals surface area contributed by atoms with Crippen LogP contribution in [-0.4, -0.2) is 41.0 Å². The van der Waals surface area contributed by atoms with E-state index in [1.807, 2.05) is 42.1 Å². The van der Waals surface area contributed by atoms with Gasteiger partial charge in [0.25, 0.3) is 0 Å². The van der Waals surface area contributed by atoms with Crippen LogP contribution < -0.4 is 10.6 Å². The van der Waals surface area contributed by atoms with Gasteiger partial charge in [-0.15, -0.1) is 0 Å². The summed E-state index contributed by atoms with van der Waals surface area (Å²) in [7, 11) is 1.96. The first-order valence-corrected chi connectivity index (χ1v) is 8.79. The first-order valence-electron chi connectivity index (χ1n) is 8.79. The number of amides is 2. The Hall–Kier alpha value is -2.83. The number of piperazine rings is 1. The van der Waals surface area contributed by atoms with Crippen molar-refractivity contribution in [2.45, 2.75) is 38.3 Å². The molecule has 1 aliphatic rings. The average Bonchev–Trinajstić information content (AvgIpc) is 2.93. The molecule has 1 aliphatic heterocycles. The summed E-state index contributed by atoms with van der Waals surface area (Å²) in [6.45, 7) is 2.03. The van der Waals surface area contributed by atoms with Gasteiger partial charge in [-0.3, -0.25) is 14.4 Å². The molecule has 1 aromatic heterocycles. The molecule has 2 atom stereocenters. The Kier molecular flexibility index (Phi) is 5.25. The number of esters is 1. The summed E-state index contributed by atoms with van der Waals surface area (Å²) in [5.74, 6) is -0.863. The first-order chi connectivity index (χ1) is 12.5. The van der Waals surface area contributed by atoms with Gasteiger partial charge in [0.05, 0.1) is 6.61 Å². The molecule has 138 valence electrons. The van der Waals surface area contributed by atoms with Crippen molar-refractivity contribution in [2.24, 2.45) is 7.05 Å². The van der Waals surface area contributed by atoms with Crippen LogP contribution in [0.1, 0.15) is 25.3 Å². The van der Waals surface area contributed by atoms with Gasteiger partial charge in [0.1, 0.15) is 12.1 Å². The minimum absolute atomic E-state index is 0.0974. The van der Waals surface area contributed by atoms with E-state index in [2.05, 4.69) is 10.6 Å². The molecule has 26 heavy (non-hydrogen) atoms. The first kappa shape index (κ1) is 18.0. The van der Waals surface area contributed by atoms with Crippen LogP contribution in [0.25, 0.3) is 10.9 Å². The van der Waals surface area contributed by atoms with Gasteiger partial charge in [0, 0.05) is 37.0 Å². The summed E-state index contributed by atoms with van der Waals surface area (Å²) in [4.78, 5) is 36.2. The van der Waals surface area contributed by atoms with E-state index >= 15 is 0 Å². The Labute approximate surface area is 151 Å². The molecule has 7 heteroatoms. The predicted molar refractivity (Wildman–Crippen MR) is 96.4 cm³/mol. The highest BCUT2D eigenvalue weighted by atomic mass is 16.5. The molecule has 0 saturated carbocycles. The minimum Gasteiger partial charge on any atom is -0.466 e. The number of carbonyl (C=O) groups is 3. The summed E-state index contributed by atoms with van der Waals surface area (Å²) >= 11 is 0. The number of rotatable bonds is 6. The number of nitrogens with one attached hydrogen (secondary N) is 2. The second kappa shape index (κ2) is 7.59. The molecule has 2 heterocycles. The molecule has 2 N–H and O–H groups in total. The maximum Gasteiger partial charge on any atom is 0.305 e. The maximum absolute atomic E-state index is 12.4. The molecule has 0 aliphatic carbocycles. The molecule has 0 spiro atoms. The number of benzene rings is 1. The Morgan fingerprint density at radius 2 is 1.85 bits per heavy atom. The quantitative estimate of drug-likeness (QED) is 0.756. The van der Waals surface area contributed by atoms with Crippen molar-refractivity contribution < 1.29 is 19.1 Å². The third kappa shape index (κ3) is 3.71. The van der Waals surface area contributed by atoms with Gasteiger partial charge in [-0.05, 0) is 25.0 Å². The van der Waals surface area contributed by atoms with Crippen LogP contribution in [0.4, 0.5) is 0 Å². The van der Waals surface area contributed by atoms with Crippen LogP contribution in [0.2, 0.25) is 0 Å². The second-order valence-electron chi connectivity index (χ2n) is 6.45. The topological polar surface area (TPSA) is 89.4 Å². The molecule has 0 radical (unpaired) electrons. The minimum atomic E-state index is -0.698. The molecule has 2 amide bonds. The number of carbonyl (C=O) groups excluding carboxylic acids is 3. The van der Waals surface area contributed by atoms with Crippen LogP contribution in [0, 0.1) is 0 Å². The summed E-state index contributed by atoms with van der Waals surface area (Å²) in [6.07, 6.45) is 2.73. The van der Waals surface area contributed by atoms with Crippen molar-refractivity contribution in [1.82, 2.24) is 15.2 Å². The zero-order valence-electron chi connectivity index (χ0n) is 15.0. The van der Waals surface area contributed by atoms with E-state index in [0.717, 1.165) is 16.5 Å². The van der Waals surface area contributed by atoms with Gasteiger partial charge in [-0.2, -0.15) is 0 Å². The average molecular weight is 357 g/mol. The fourth-order valence-corrected chi connectivity index (χ4v) is 3.33. The number of hydrogen-bond acceptors (Lipinski definition) is 4. The maximum atomic E-state index is 12.4. The Morgan fingerprint density at radius 1 is 1.15 bits per heavy atom. The molecule has 3 rings (SSSR count). The fraction of sp³-hybridized carbons (Fsp3) is 0.421. The summed E-state index contributed by atoms with van der Waals surface area (Å²) in [5, 5.41) is 6.58. The highest BCUT2D eigenvalue weighted by Crippen LogP contribution is 2.22. The summed E-state index contributed by atoms with van der Waals surface area (Å²) in [6, 6.07) is 6.63. The van der Waals surface area contributed by atoms with E-state index in [9.17, 15) is 14.4 Å². The number of hydrogen-bond donors (Lipinski definition) is 2. The SMILES string of the molecule is CCOC(=O)CC[C@H]1NC(=O)[C@@H](Cc2cn(C)c3ccccc23)NC1=O. The zero-order chi connectivity index (χ0) is 18.7.